The Morgan fingerprint density at radius 1 is 1.50 bits per heavy atom. The summed E-state index contributed by atoms with van der Waals surface area (Å²) in [6.45, 7) is 0. The van der Waals surface area contributed by atoms with Gasteiger partial charge >= 0.3 is 0 Å². The normalized spacial score (nSPS) is 20.2. The van der Waals surface area contributed by atoms with Crippen LogP contribution in [0, 0.1) is 0 Å². The summed E-state index contributed by atoms with van der Waals surface area (Å²) in [4.78, 5) is 4.22. The molecule has 0 unspecified atom stereocenters. The fourth-order valence-corrected chi connectivity index (χ4v) is 1.86. The molecule has 1 fully saturated rings. The minimum atomic E-state index is -0.238. The van der Waals surface area contributed by atoms with Gasteiger partial charge in [0.05, 0.1) is 16.3 Å². The van der Waals surface area contributed by atoms with Gasteiger partial charge in [-0.1, -0.05) is 11.6 Å². The molecule has 12 heavy (non-hydrogen) atoms. The lowest BCUT2D eigenvalue weighted by Gasteiger charge is -2.37. The molecule has 64 valence electrons. The molecule has 3 heteroatoms. The van der Waals surface area contributed by atoms with E-state index < -0.39 is 0 Å². The van der Waals surface area contributed by atoms with E-state index in [-0.39, 0.29) is 5.54 Å². The fraction of sp³-hybridized carbons (Fsp3) is 0.444. The van der Waals surface area contributed by atoms with Crippen LogP contribution in [0.2, 0.25) is 5.02 Å². The van der Waals surface area contributed by atoms with Gasteiger partial charge in [0.25, 0.3) is 0 Å². The first-order valence-electron chi connectivity index (χ1n) is 4.12. The van der Waals surface area contributed by atoms with E-state index in [1.165, 1.54) is 6.42 Å². The van der Waals surface area contributed by atoms with Gasteiger partial charge in [-0.3, -0.25) is 4.98 Å². The molecule has 0 atom stereocenters. The first-order chi connectivity index (χ1) is 5.72. The maximum Gasteiger partial charge on any atom is 0.0788 e. The summed E-state index contributed by atoms with van der Waals surface area (Å²) < 4.78 is 0. The standard InChI is InChI=1S/C9H11ClN2/c10-7-3-1-6-12-8(7)9(11)4-2-5-9/h1,3,6H,2,4-5,11H2. The van der Waals surface area contributed by atoms with E-state index in [0.29, 0.717) is 5.02 Å². The number of rotatable bonds is 1. The van der Waals surface area contributed by atoms with Gasteiger partial charge in [-0.15, -0.1) is 0 Å². The van der Waals surface area contributed by atoms with Crippen LogP contribution in [0.3, 0.4) is 0 Å². The van der Waals surface area contributed by atoms with E-state index in [4.69, 9.17) is 17.3 Å². The molecule has 1 aliphatic rings. The zero-order chi connectivity index (χ0) is 8.60. The number of nitrogens with two attached hydrogens (primary N) is 1. The van der Waals surface area contributed by atoms with Crippen LogP contribution in [0.4, 0.5) is 0 Å². The molecular formula is C9H11ClN2. The van der Waals surface area contributed by atoms with Gasteiger partial charge in [0.15, 0.2) is 0 Å². The monoisotopic (exact) mass is 182 g/mol. The summed E-state index contributed by atoms with van der Waals surface area (Å²) in [7, 11) is 0. The first kappa shape index (κ1) is 8.02. The Morgan fingerprint density at radius 2 is 2.25 bits per heavy atom. The van der Waals surface area contributed by atoms with Crippen LogP contribution in [-0.4, -0.2) is 4.98 Å². The largest absolute Gasteiger partial charge is 0.320 e. The van der Waals surface area contributed by atoms with Crippen LogP contribution in [-0.2, 0) is 5.54 Å². The van der Waals surface area contributed by atoms with Gasteiger partial charge in [-0.25, -0.2) is 0 Å². The minimum absolute atomic E-state index is 0.238. The summed E-state index contributed by atoms with van der Waals surface area (Å²) in [6.07, 6.45) is 4.94. The Labute approximate surface area is 76.7 Å². The molecule has 1 aromatic heterocycles. The third-order valence-corrected chi connectivity index (χ3v) is 2.78. The second kappa shape index (κ2) is 2.71. The Hall–Kier alpha value is -0.600. The average Bonchev–Trinajstić information content (AvgIpc) is 2.01. The average molecular weight is 183 g/mol. The number of hydrogen-bond acceptors (Lipinski definition) is 2. The van der Waals surface area contributed by atoms with Crippen LogP contribution in [0.1, 0.15) is 25.0 Å². The van der Waals surface area contributed by atoms with E-state index in [9.17, 15) is 0 Å². The van der Waals surface area contributed by atoms with Crippen molar-refractivity contribution >= 4 is 11.6 Å². The van der Waals surface area contributed by atoms with Crippen LogP contribution in [0.25, 0.3) is 0 Å². The Kier molecular flexibility index (Phi) is 1.81. The van der Waals surface area contributed by atoms with E-state index in [2.05, 4.69) is 4.98 Å². The van der Waals surface area contributed by atoms with Crippen molar-refractivity contribution in [2.45, 2.75) is 24.8 Å². The highest BCUT2D eigenvalue weighted by atomic mass is 35.5. The Morgan fingerprint density at radius 3 is 2.75 bits per heavy atom. The molecule has 0 saturated heterocycles. The molecule has 0 aliphatic heterocycles. The summed E-state index contributed by atoms with van der Waals surface area (Å²) in [5.74, 6) is 0. The third-order valence-electron chi connectivity index (χ3n) is 2.48. The quantitative estimate of drug-likeness (QED) is 0.722. The van der Waals surface area contributed by atoms with Crippen molar-refractivity contribution in [1.82, 2.24) is 4.98 Å². The molecule has 0 spiro atoms. The second-order valence-electron chi connectivity index (χ2n) is 3.34. The Balaban J connectivity index is 2.39. The van der Waals surface area contributed by atoms with Gasteiger partial charge in [0, 0.05) is 6.20 Å². The topological polar surface area (TPSA) is 38.9 Å². The van der Waals surface area contributed by atoms with Crippen molar-refractivity contribution in [3.8, 4) is 0 Å². The lowest BCUT2D eigenvalue weighted by Crippen LogP contribution is -2.44. The molecule has 0 radical (unpaired) electrons. The molecule has 0 bridgehead atoms. The van der Waals surface area contributed by atoms with Crippen LogP contribution >= 0.6 is 11.6 Å². The SMILES string of the molecule is NC1(c2ncccc2Cl)CCC1. The highest BCUT2D eigenvalue weighted by molar-refractivity contribution is 6.31. The van der Waals surface area contributed by atoms with E-state index in [1.807, 2.05) is 12.1 Å². The zero-order valence-corrected chi connectivity index (χ0v) is 7.51. The van der Waals surface area contributed by atoms with Crippen molar-refractivity contribution in [1.29, 1.82) is 0 Å². The number of nitrogens with zero attached hydrogens (tertiary/aromatic N) is 1. The Bertz CT molecular complexity index is 294. The third kappa shape index (κ3) is 1.11. The highest BCUT2D eigenvalue weighted by Crippen LogP contribution is 2.40. The molecule has 2 nitrogen and oxygen atoms in total. The first-order valence-corrected chi connectivity index (χ1v) is 4.50. The number of aromatic nitrogens is 1. The maximum atomic E-state index is 6.08. The number of halogens is 1. The van der Waals surface area contributed by atoms with Crippen LogP contribution in [0.15, 0.2) is 18.3 Å². The molecule has 0 aromatic carbocycles. The van der Waals surface area contributed by atoms with Crippen LogP contribution in [0.5, 0.6) is 0 Å². The van der Waals surface area contributed by atoms with Crippen molar-refractivity contribution in [2.24, 2.45) is 5.73 Å². The lowest BCUT2D eigenvalue weighted by atomic mass is 9.75. The summed E-state index contributed by atoms with van der Waals surface area (Å²) in [5.41, 5.74) is 6.70. The minimum Gasteiger partial charge on any atom is -0.320 e. The number of hydrogen-bond donors (Lipinski definition) is 1. The second-order valence-corrected chi connectivity index (χ2v) is 3.75. The van der Waals surface area contributed by atoms with E-state index in [0.717, 1.165) is 18.5 Å². The van der Waals surface area contributed by atoms with Crippen molar-refractivity contribution in [2.75, 3.05) is 0 Å². The molecule has 1 aliphatic carbocycles. The van der Waals surface area contributed by atoms with Gasteiger partial charge < -0.3 is 5.73 Å². The van der Waals surface area contributed by atoms with Gasteiger partial charge in [-0.05, 0) is 31.4 Å². The van der Waals surface area contributed by atoms with Gasteiger partial charge in [-0.2, -0.15) is 0 Å². The maximum absolute atomic E-state index is 6.08. The predicted molar refractivity (Wildman–Crippen MR) is 49.0 cm³/mol. The highest BCUT2D eigenvalue weighted by Gasteiger charge is 2.37. The summed E-state index contributed by atoms with van der Waals surface area (Å²) >= 11 is 5.98. The molecule has 1 heterocycles. The molecular weight excluding hydrogens is 172 g/mol. The summed E-state index contributed by atoms with van der Waals surface area (Å²) in [6, 6.07) is 3.67. The number of pyridine rings is 1. The van der Waals surface area contributed by atoms with E-state index in [1.54, 1.807) is 6.20 Å². The van der Waals surface area contributed by atoms with E-state index >= 15 is 0 Å². The molecule has 1 aromatic rings. The van der Waals surface area contributed by atoms with Crippen molar-refractivity contribution < 1.29 is 0 Å². The molecule has 2 rings (SSSR count). The fourth-order valence-electron chi connectivity index (χ4n) is 1.55. The lowest BCUT2D eigenvalue weighted by molar-refractivity contribution is 0.246. The molecule has 0 amide bonds. The van der Waals surface area contributed by atoms with Crippen LogP contribution < -0.4 is 5.73 Å². The summed E-state index contributed by atoms with van der Waals surface area (Å²) in [5, 5.41) is 0.694. The smallest absolute Gasteiger partial charge is 0.0788 e. The van der Waals surface area contributed by atoms with Crippen molar-refractivity contribution in [3.05, 3.63) is 29.0 Å². The van der Waals surface area contributed by atoms with Gasteiger partial charge in [0.1, 0.15) is 0 Å². The molecule has 1 saturated carbocycles. The van der Waals surface area contributed by atoms with Crippen molar-refractivity contribution in [3.63, 3.8) is 0 Å². The predicted octanol–water partition coefficient (Wildman–Crippen LogP) is 2.07. The van der Waals surface area contributed by atoms with Gasteiger partial charge in [0.2, 0.25) is 0 Å². The zero-order valence-electron chi connectivity index (χ0n) is 6.76. The molecule has 2 N–H and O–H groups in total.